The van der Waals surface area contributed by atoms with Crippen molar-refractivity contribution < 1.29 is 18.8 Å². The summed E-state index contributed by atoms with van der Waals surface area (Å²) in [7, 11) is -1.98. The lowest BCUT2D eigenvalue weighted by Gasteiger charge is -2.45. The molecule has 0 saturated heterocycles. The fraction of sp³-hybridized carbons (Fsp3) is 0.581. The summed E-state index contributed by atoms with van der Waals surface area (Å²) in [5.74, 6) is 1.61. The minimum Gasteiger partial charge on any atom is -0.490 e. The molecular weight excluding hydrogens is 532 g/mol. The molecule has 0 radical (unpaired) electrons. The fourth-order valence-electron chi connectivity index (χ4n) is 7.31. The molecule has 2 aliphatic carbocycles. The number of hydrogen-bond donors (Lipinski definition) is 2. The number of rotatable bonds is 0. The van der Waals surface area contributed by atoms with E-state index in [-0.39, 0.29) is 23.4 Å². The second-order valence-electron chi connectivity index (χ2n) is 12.3. The van der Waals surface area contributed by atoms with Crippen LogP contribution in [-0.2, 0) is 22.4 Å². The maximum atomic E-state index is 13.1. The molecule has 1 fully saturated rings. The van der Waals surface area contributed by atoms with Crippen LogP contribution in [0.4, 0.5) is 5.69 Å². The molecule has 210 valence electrons. The highest BCUT2D eigenvalue weighted by Crippen LogP contribution is 2.47. The Labute approximate surface area is 238 Å². The third kappa shape index (κ3) is 5.47. The van der Waals surface area contributed by atoms with E-state index in [0.29, 0.717) is 23.8 Å². The quantitative estimate of drug-likeness (QED) is 0.390. The van der Waals surface area contributed by atoms with Crippen LogP contribution in [0.3, 0.4) is 0 Å². The second-order valence-corrected chi connectivity index (χ2v) is 14.0. The van der Waals surface area contributed by atoms with Gasteiger partial charge in [-0.1, -0.05) is 31.0 Å². The first-order chi connectivity index (χ1) is 18.8. The summed E-state index contributed by atoms with van der Waals surface area (Å²) in [5.41, 5.74) is 3.75. The molecule has 6 atom stereocenters. The zero-order valence-corrected chi connectivity index (χ0v) is 24.3. The number of anilines is 1. The van der Waals surface area contributed by atoms with Gasteiger partial charge in [0.2, 0.25) is 0 Å². The molecule has 2 aromatic carbocycles. The number of halogens is 1. The standard InChI is InChI=1S/C31H39ClN2O4S/c1-20-4-2-6-28(35)25-10-7-23(25)16-34-18-31(13-3-5-21-14-24(32)9-11-26(21)31)19-38-29-12-8-22(15-27(29)34)30(36)33-39(37)17-20/h8-9,11-12,14-15,20,23,25,28,35,39H,2-7,10,13,16-19H2,1H3/t20-,23-,25+,28-,31-/m0/s1. The Morgan fingerprint density at radius 1 is 1.13 bits per heavy atom. The second kappa shape index (κ2) is 11.1. The molecule has 8 heteroatoms. The van der Waals surface area contributed by atoms with Crippen LogP contribution in [0, 0.1) is 17.8 Å². The van der Waals surface area contributed by atoms with E-state index in [4.69, 9.17) is 16.3 Å². The molecule has 2 bridgehead atoms. The van der Waals surface area contributed by atoms with Crippen molar-refractivity contribution in [3.05, 3.63) is 58.1 Å². The van der Waals surface area contributed by atoms with Crippen LogP contribution in [0.1, 0.15) is 73.4 Å². The van der Waals surface area contributed by atoms with Gasteiger partial charge in [-0.25, -0.2) is 0 Å². The van der Waals surface area contributed by atoms with Crippen molar-refractivity contribution in [1.82, 2.24) is 0 Å². The Kier molecular flexibility index (Phi) is 7.68. The zero-order chi connectivity index (χ0) is 27.1. The van der Waals surface area contributed by atoms with E-state index in [9.17, 15) is 14.1 Å². The number of aryl methyl sites for hydroxylation is 1. The minimum atomic E-state index is -1.98. The Morgan fingerprint density at radius 2 is 2.00 bits per heavy atom. The van der Waals surface area contributed by atoms with Crippen LogP contribution in [0.15, 0.2) is 40.8 Å². The van der Waals surface area contributed by atoms with E-state index in [1.807, 2.05) is 18.2 Å². The Hall–Kier alpha value is -2.09. The number of ether oxygens (including phenoxy) is 1. The maximum Gasteiger partial charge on any atom is 0.284 e. The number of fused-ring (bicyclic) bond motifs is 4. The van der Waals surface area contributed by atoms with Crippen LogP contribution >= 0.6 is 11.6 Å². The molecule has 39 heavy (non-hydrogen) atoms. The molecule has 1 unspecified atom stereocenters. The predicted molar refractivity (Wildman–Crippen MR) is 157 cm³/mol. The van der Waals surface area contributed by atoms with Gasteiger partial charge in [-0.2, -0.15) is 4.36 Å². The number of hydrogen-bond acceptors (Lipinski definition) is 5. The predicted octanol–water partition coefficient (Wildman–Crippen LogP) is 5.83. The summed E-state index contributed by atoms with van der Waals surface area (Å²) >= 11 is 6.38. The molecule has 2 aliphatic heterocycles. The van der Waals surface area contributed by atoms with Gasteiger partial charge in [0.1, 0.15) is 5.75 Å². The molecule has 0 aromatic heterocycles. The van der Waals surface area contributed by atoms with Gasteiger partial charge in [0, 0.05) is 45.4 Å². The summed E-state index contributed by atoms with van der Waals surface area (Å²) in [6, 6.07) is 11.8. The van der Waals surface area contributed by atoms with Crippen LogP contribution in [-0.4, -0.2) is 46.8 Å². The lowest BCUT2D eigenvalue weighted by molar-refractivity contribution is 0.00868. The Morgan fingerprint density at radius 3 is 2.82 bits per heavy atom. The summed E-state index contributed by atoms with van der Waals surface area (Å²) in [5, 5.41) is 11.9. The SMILES string of the molecule is C[C@H]1CCC[C@H](O)[C@@H]2CC[C@H]2CN2C[C@@]3(CCCc4cc(Cl)ccc43)COc3ccc(cc32)C(=O)/N=[SH](=O)\C1. The normalized spacial score (nSPS) is 33.6. The number of thiol groups is 1. The van der Waals surface area contributed by atoms with E-state index in [1.54, 1.807) is 6.07 Å². The molecular formula is C31H39ClN2O4S. The van der Waals surface area contributed by atoms with Gasteiger partial charge in [-0.05, 0) is 104 Å². The Balaban J connectivity index is 1.41. The van der Waals surface area contributed by atoms with Gasteiger partial charge in [0.05, 0.1) is 18.4 Å². The minimum absolute atomic E-state index is 0.191. The molecule has 2 heterocycles. The highest BCUT2D eigenvalue weighted by Gasteiger charge is 2.44. The van der Waals surface area contributed by atoms with Crippen molar-refractivity contribution in [2.45, 2.75) is 69.8 Å². The van der Waals surface area contributed by atoms with E-state index in [2.05, 4.69) is 28.3 Å². The number of benzene rings is 2. The van der Waals surface area contributed by atoms with Crippen molar-refractivity contribution in [1.29, 1.82) is 0 Å². The summed E-state index contributed by atoms with van der Waals surface area (Å²) < 4.78 is 23.3. The van der Waals surface area contributed by atoms with Crippen LogP contribution in [0.5, 0.6) is 5.75 Å². The first-order valence-corrected chi connectivity index (χ1v) is 16.3. The third-order valence-electron chi connectivity index (χ3n) is 9.58. The van der Waals surface area contributed by atoms with Crippen molar-refractivity contribution in [3.8, 4) is 5.75 Å². The third-order valence-corrected chi connectivity index (χ3v) is 11.2. The van der Waals surface area contributed by atoms with E-state index < -0.39 is 16.5 Å². The molecule has 1 N–H and O–H groups in total. The highest BCUT2D eigenvalue weighted by molar-refractivity contribution is 7.75. The molecule has 6 rings (SSSR count). The van der Waals surface area contributed by atoms with Crippen molar-refractivity contribution in [2.75, 3.05) is 30.3 Å². The largest absolute Gasteiger partial charge is 0.490 e. The molecule has 1 spiro atoms. The molecule has 2 aromatic rings. The van der Waals surface area contributed by atoms with Gasteiger partial charge < -0.3 is 14.7 Å². The average Bonchev–Trinajstić information content (AvgIpc) is 3.03. The molecule has 1 saturated carbocycles. The molecule has 4 aliphatic rings. The van der Waals surface area contributed by atoms with E-state index in [0.717, 1.165) is 80.9 Å². The average molecular weight is 571 g/mol. The number of carbonyl (C=O) groups excluding carboxylic acids is 1. The van der Waals surface area contributed by atoms with Gasteiger partial charge >= 0.3 is 0 Å². The van der Waals surface area contributed by atoms with Crippen LogP contribution in [0.25, 0.3) is 0 Å². The first-order valence-electron chi connectivity index (χ1n) is 14.5. The number of nitrogens with zero attached hydrogens (tertiary/aromatic N) is 2. The molecule has 1 amide bonds. The van der Waals surface area contributed by atoms with Gasteiger partial charge in [-0.3, -0.25) is 9.00 Å². The van der Waals surface area contributed by atoms with Crippen LogP contribution in [0.2, 0.25) is 5.02 Å². The first kappa shape index (κ1) is 27.1. The lowest BCUT2D eigenvalue weighted by Crippen LogP contribution is -2.49. The van der Waals surface area contributed by atoms with E-state index >= 15 is 0 Å². The van der Waals surface area contributed by atoms with E-state index in [1.165, 1.54) is 11.1 Å². The maximum absolute atomic E-state index is 13.1. The number of aliphatic hydroxyl groups excluding tert-OH is 1. The van der Waals surface area contributed by atoms with Gasteiger partial charge in [0.15, 0.2) is 0 Å². The van der Waals surface area contributed by atoms with Crippen molar-refractivity contribution in [2.24, 2.45) is 22.1 Å². The summed E-state index contributed by atoms with van der Waals surface area (Å²) in [6.07, 6.45) is 7.47. The van der Waals surface area contributed by atoms with Gasteiger partial charge in [-0.15, -0.1) is 0 Å². The number of carbonyl (C=O) groups is 1. The van der Waals surface area contributed by atoms with Crippen molar-refractivity contribution in [3.63, 3.8) is 0 Å². The fourth-order valence-corrected chi connectivity index (χ4v) is 8.62. The number of amides is 1. The Bertz CT molecular complexity index is 1340. The topological polar surface area (TPSA) is 79.2 Å². The zero-order valence-electron chi connectivity index (χ0n) is 22.7. The summed E-state index contributed by atoms with van der Waals surface area (Å²) in [4.78, 5) is 15.5. The lowest BCUT2D eigenvalue weighted by atomic mass is 9.68. The number of aliphatic hydroxyl groups is 1. The highest BCUT2D eigenvalue weighted by atomic mass is 35.5. The van der Waals surface area contributed by atoms with Crippen LogP contribution < -0.4 is 9.64 Å². The monoisotopic (exact) mass is 570 g/mol. The summed E-state index contributed by atoms with van der Waals surface area (Å²) in [6.45, 7) is 4.19. The van der Waals surface area contributed by atoms with Gasteiger partial charge in [0.25, 0.3) is 5.91 Å². The molecule has 6 nitrogen and oxygen atoms in total. The van der Waals surface area contributed by atoms with Crippen molar-refractivity contribution >= 4 is 33.8 Å². The smallest absolute Gasteiger partial charge is 0.284 e.